The highest BCUT2D eigenvalue weighted by Crippen LogP contribution is 2.27. The fraction of sp³-hybridized carbons (Fsp3) is 0.385. The molecule has 166 valence electrons. The molecule has 0 spiro atoms. The molecule has 0 atom stereocenters. The molecule has 0 N–H and O–H groups in total. The van der Waals surface area contributed by atoms with Crippen molar-refractivity contribution in [3.05, 3.63) is 76.9 Å². The van der Waals surface area contributed by atoms with Gasteiger partial charge in [0, 0.05) is 35.9 Å². The molecule has 2 fully saturated rings. The van der Waals surface area contributed by atoms with Gasteiger partial charge in [0.1, 0.15) is 5.69 Å². The minimum atomic E-state index is 0.0779. The first-order valence-electron chi connectivity index (χ1n) is 11.6. The number of benzene rings is 2. The predicted molar refractivity (Wildman–Crippen MR) is 128 cm³/mol. The van der Waals surface area contributed by atoms with Crippen LogP contribution in [-0.2, 0) is 6.54 Å². The van der Waals surface area contributed by atoms with Crippen LogP contribution in [0, 0.1) is 0 Å². The Labute approximate surface area is 194 Å². The first-order valence-corrected chi connectivity index (χ1v) is 12.0. The summed E-state index contributed by atoms with van der Waals surface area (Å²) in [7, 11) is 0. The van der Waals surface area contributed by atoms with E-state index in [1.807, 2.05) is 58.2 Å². The zero-order valence-corrected chi connectivity index (χ0v) is 19.0. The van der Waals surface area contributed by atoms with E-state index in [9.17, 15) is 4.79 Å². The number of amides is 1. The molecule has 3 aromatic rings. The summed E-state index contributed by atoms with van der Waals surface area (Å²) >= 11 is 6.10. The molecule has 1 amide bonds. The number of carbonyl (C=O) groups is 1. The molecule has 5 rings (SSSR count). The van der Waals surface area contributed by atoms with Crippen LogP contribution in [0.2, 0.25) is 5.02 Å². The highest BCUT2D eigenvalue weighted by atomic mass is 35.5. The van der Waals surface area contributed by atoms with Crippen LogP contribution >= 0.6 is 11.6 Å². The Hall–Kier alpha value is -2.63. The lowest BCUT2D eigenvalue weighted by Gasteiger charge is -2.36. The SMILES string of the molecule is O=C(c1cn(Cc2ccccc2)nc1-c1ccc(Cl)cc1)N1CCC(N2CCCC2)CC1. The summed E-state index contributed by atoms with van der Waals surface area (Å²) in [6, 6.07) is 18.4. The van der Waals surface area contributed by atoms with Crippen molar-refractivity contribution in [2.75, 3.05) is 26.2 Å². The molecule has 0 bridgehead atoms. The molecule has 0 radical (unpaired) electrons. The molecule has 2 aliphatic rings. The average Bonchev–Trinajstić information content (AvgIpc) is 3.51. The fourth-order valence-corrected chi connectivity index (χ4v) is 5.09. The number of carbonyl (C=O) groups excluding carboxylic acids is 1. The predicted octanol–water partition coefficient (Wildman–Crippen LogP) is 4.95. The molecule has 2 aromatic carbocycles. The van der Waals surface area contributed by atoms with Crippen molar-refractivity contribution in [2.24, 2.45) is 0 Å². The summed E-state index contributed by atoms with van der Waals surface area (Å²) in [5.41, 5.74) is 3.46. The van der Waals surface area contributed by atoms with Crippen LogP contribution in [-0.4, -0.2) is 57.7 Å². The van der Waals surface area contributed by atoms with Crippen LogP contribution in [0.1, 0.15) is 41.6 Å². The second-order valence-corrected chi connectivity index (χ2v) is 9.28. The third-order valence-electron chi connectivity index (χ3n) is 6.71. The quantitative estimate of drug-likeness (QED) is 0.554. The molecule has 6 heteroatoms. The van der Waals surface area contributed by atoms with Crippen molar-refractivity contribution in [3.63, 3.8) is 0 Å². The standard InChI is InChI=1S/C26H29ClN4O/c27-22-10-8-21(9-11-22)25-24(19-31(28-25)18-20-6-2-1-3-7-20)26(32)30-16-12-23(13-17-30)29-14-4-5-15-29/h1-3,6-11,19,23H,4-5,12-18H2. The summed E-state index contributed by atoms with van der Waals surface area (Å²) in [4.78, 5) is 18.2. The minimum absolute atomic E-state index is 0.0779. The monoisotopic (exact) mass is 448 g/mol. The van der Waals surface area contributed by atoms with E-state index in [0.717, 1.165) is 42.8 Å². The van der Waals surface area contributed by atoms with Gasteiger partial charge in [0.25, 0.3) is 5.91 Å². The second kappa shape index (κ2) is 9.47. The van der Waals surface area contributed by atoms with Gasteiger partial charge in [-0.05, 0) is 56.5 Å². The van der Waals surface area contributed by atoms with Crippen molar-refractivity contribution < 1.29 is 4.79 Å². The lowest BCUT2D eigenvalue weighted by molar-refractivity contribution is 0.0645. The van der Waals surface area contributed by atoms with E-state index in [-0.39, 0.29) is 5.91 Å². The molecule has 2 saturated heterocycles. The molecule has 5 nitrogen and oxygen atoms in total. The number of halogens is 1. The van der Waals surface area contributed by atoms with Gasteiger partial charge in [-0.15, -0.1) is 0 Å². The van der Waals surface area contributed by atoms with Crippen molar-refractivity contribution in [2.45, 2.75) is 38.3 Å². The number of hydrogen-bond donors (Lipinski definition) is 0. The van der Waals surface area contributed by atoms with Gasteiger partial charge in [-0.1, -0.05) is 54.1 Å². The lowest BCUT2D eigenvalue weighted by Crippen LogP contribution is -2.45. The number of piperidine rings is 1. The highest BCUT2D eigenvalue weighted by molar-refractivity contribution is 6.30. The van der Waals surface area contributed by atoms with Crippen molar-refractivity contribution in [1.82, 2.24) is 19.6 Å². The maximum atomic E-state index is 13.6. The number of rotatable bonds is 5. The zero-order valence-electron chi connectivity index (χ0n) is 18.3. The molecule has 0 saturated carbocycles. The van der Waals surface area contributed by atoms with Crippen molar-refractivity contribution >= 4 is 17.5 Å². The normalized spacial score (nSPS) is 17.7. The third-order valence-corrected chi connectivity index (χ3v) is 6.96. The van der Waals surface area contributed by atoms with E-state index in [4.69, 9.17) is 16.7 Å². The Balaban J connectivity index is 1.38. The molecule has 1 aromatic heterocycles. The average molecular weight is 449 g/mol. The van der Waals surface area contributed by atoms with Crippen LogP contribution in [0.3, 0.4) is 0 Å². The van der Waals surface area contributed by atoms with Gasteiger partial charge < -0.3 is 9.80 Å². The number of likely N-dealkylation sites (tertiary alicyclic amines) is 2. The topological polar surface area (TPSA) is 41.4 Å². The highest BCUT2D eigenvalue weighted by Gasteiger charge is 2.30. The van der Waals surface area contributed by atoms with Gasteiger partial charge in [0.15, 0.2) is 0 Å². The number of nitrogens with zero attached hydrogens (tertiary/aromatic N) is 4. The fourth-order valence-electron chi connectivity index (χ4n) is 4.96. The van der Waals surface area contributed by atoms with Gasteiger partial charge in [-0.25, -0.2) is 0 Å². The Morgan fingerprint density at radius 3 is 2.31 bits per heavy atom. The molecular formula is C26H29ClN4O. The van der Waals surface area contributed by atoms with Gasteiger partial charge in [0.2, 0.25) is 0 Å². The van der Waals surface area contributed by atoms with Gasteiger partial charge in [-0.3, -0.25) is 9.48 Å². The summed E-state index contributed by atoms with van der Waals surface area (Å²) in [6.07, 6.45) is 6.64. The van der Waals surface area contributed by atoms with Gasteiger partial charge in [0.05, 0.1) is 12.1 Å². The molecule has 3 heterocycles. The molecular weight excluding hydrogens is 420 g/mol. The Bertz CT molecular complexity index is 1050. The second-order valence-electron chi connectivity index (χ2n) is 8.85. The lowest BCUT2D eigenvalue weighted by atomic mass is 10.0. The summed E-state index contributed by atoms with van der Waals surface area (Å²) in [5.74, 6) is 0.0779. The first kappa shape index (κ1) is 21.2. The van der Waals surface area contributed by atoms with Crippen LogP contribution < -0.4 is 0 Å². The van der Waals surface area contributed by atoms with E-state index in [1.54, 1.807) is 0 Å². The van der Waals surface area contributed by atoms with Crippen molar-refractivity contribution in [1.29, 1.82) is 0 Å². The summed E-state index contributed by atoms with van der Waals surface area (Å²) < 4.78 is 1.88. The van der Waals surface area contributed by atoms with Crippen molar-refractivity contribution in [3.8, 4) is 11.3 Å². The van der Waals surface area contributed by atoms with Crippen LogP contribution in [0.25, 0.3) is 11.3 Å². The molecule has 0 unspecified atom stereocenters. The van der Waals surface area contributed by atoms with Crippen LogP contribution in [0.15, 0.2) is 60.8 Å². The van der Waals surface area contributed by atoms with E-state index in [1.165, 1.54) is 25.9 Å². The van der Waals surface area contributed by atoms with Gasteiger partial charge in [-0.2, -0.15) is 5.10 Å². The van der Waals surface area contributed by atoms with E-state index in [0.29, 0.717) is 23.2 Å². The molecule has 2 aliphatic heterocycles. The third kappa shape index (κ3) is 4.59. The smallest absolute Gasteiger partial charge is 0.257 e. The van der Waals surface area contributed by atoms with Gasteiger partial charge >= 0.3 is 0 Å². The van der Waals surface area contributed by atoms with E-state index < -0.39 is 0 Å². The van der Waals surface area contributed by atoms with Crippen LogP contribution in [0.4, 0.5) is 0 Å². The summed E-state index contributed by atoms with van der Waals surface area (Å²) in [6.45, 7) is 4.68. The Kier molecular flexibility index (Phi) is 6.28. The maximum absolute atomic E-state index is 13.6. The minimum Gasteiger partial charge on any atom is -0.338 e. The maximum Gasteiger partial charge on any atom is 0.257 e. The van der Waals surface area contributed by atoms with Crippen LogP contribution in [0.5, 0.6) is 0 Å². The molecule has 0 aliphatic carbocycles. The number of aromatic nitrogens is 2. The summed E-state index contributed by atoms with van der Waals surface area (Å²) in [5, 5.41) is 5.49. The van der Waals surface area contributed by atoms with E-state index in [2.05, 4.69) is 17.0 Å². The zero-order chi connectivity index (χ0) is 21.9. The first-order chi connectivity index (χ1) is 15.7. The Morgan fingerprint density at radius 2 is 1.62 bits per heavy atom. The largest absolute Gasteiger partial charge is 0.338 e. The Morgan fingerprint density at radius 1 is 0.938 bits per heavy atom. The number of hydrogen-bond acceptors (Lipinski definition) is 3. The molecule has 32 heavy (non-hydrogen) atoms. The van der Waals surface area contributed by atoms with E-state index >= 15 is 0 Å².